The quantitative estimate of drug-likeness (QED) is 0.782. The Morgan fingerprint density at radius 2 is 1.84 bits per heavy atom. The fraction of sp³-hybridized carbons (Fsp3) is 0.500. The fourth-order valence-corrected chi connectivity index (χ4v) is 1.80. The first-order chi connectivity index (χ1) is 8.18. The van der Waals surface area contributed by atoms with E-state index in [0.717, 1.165) is 6.07 Å². The average molecular weight is 320 g/mol. The summed E-state index contributed by atoms with van der Waals surface area (Å²) >= 11 is 5.49. The van der Waals surface area contributed by atoms with Crippen molar-refractivity contribution in [3.63, 3.8) is 0 Å². The van der Waals surface area contributed by atoms with Crippen LogP contribution in [0.3, 0.4) is 0 Å². The van der Waals surface area contributed by atoms with Crippen molar-refractivity contribution in [1.29, 1.82) is 0 Å². The van der Waals surface area contributed by atoms with Crippen LogP contribution in [-0.4, -0.2) is 0 Å². The summed E-state index contributed by atoms with van der Waals surface area (Å²) in [5, 5.41) is -0.557. The van der Waals surface area contributed by atoms with Crippen molar-refractivity contribution in [2.45, 2.75) is 32.5 Å². The van der Waals surface area contributed by atoms with Crippen LogP contribution >= 0.6 is 24.0 Å². The lowest BCUT2D eigenvalue weighted by Crippen LogP contribution is -2.21. The molecule has 0 spiro atoms. The summed E-state index contributed by atoms with van der Waals surface area (Å²) in [6.45, 7) is 3.58. The van der Waals surface area contributed by atoms with E-state index >= 15 is 0 Å². The molecule has 0 amide bonds. The lowest BCUT2D eigenvalue weighted by molar-refractivity contribution is -0.137. The van der Waals surface area contributed by atoms with E-state index in [4.69, 9.17) is 17.3 Å². The van der Waals surface area contributed by atoms with E-state index in [-0.39, 0.29) is 23.9 Å². The maximum Gasteiger partial charge on any atom is 0.416 e. The molecule has 2 N–H and O–H groups in total. The number of hydrogen-bond acceptors (Lipinski definition) is 1. The molecular formula is C12H15Cl2F4N. The fourth-order valence-electron chi connectivity index (χ4n) is 1.58. The third kappa shape index (κ3) is 4.23. The van der Waals surface area contributed by atoms with E-state index in [0.29, 0.717) is 12.5 Å². The van der Waals surface area contributed by atoms with Crippen molar-refractivity contribution in [2.75, 3.05) is 0 Å². The first-order valence-electron chi connectivity index (χ1n) is 5.50. The van der Waals surface area contributed by atoms with Crippen LogP contribution in [0.1, 0.15) is 37.4 Å². The standard InChI is InChI=1S/C12H14ClF4N.ClH/c1-3-6(2)11(18)8-4-7(12(15,16)17)5-9(13)10(8)14;/h4-6,11H,3,18H2,1-2H3;1H/t6?,11-;/m0./s1. The zero-order chi connectivity index (χ0) is 14.1. The first-order valence-corrected chi connectivity index (χ1v) is 5.88. The van der Waals surface area contributed by atoms with Crippen LogP contribution < -0.4 is 5.73 Å². The van der Waals surface area contributed by atoms with Crippen LogP contribution in [0.15, 0.2) is 12.1 Å². The number of hydrogen-bond donors (Lipinski definition) is 1. The maximum atomic E-state index is 13.7. The van der Waals surface area contributed by atoms with Crippen molar-refractivity contribution < 1.29 is 17.6 Å². The van der Waals surface area contributed by atoms with Crippen molar-refractivity contribution in [3.05, 3.63) is 34.1 Å². The Kier molecular flexibility index (Phi) is 6.59. The molecule has 0 fully saturated rings. The van der Waals surface area contributed by atoms with Gasteiger partial charge in [-0.3, -0.25) is 0 Å². The van der Waals surface area contributed by atoms with Crippen LogP contribution in [0.5, 0.6) is 0 Å². The molecule has 0 aliphatic carbocycles. The average Bonchev–Trinajstić information content (AvgIpc) is 2.29. The Labute approximate surface area is 120 Å². The maximum absolute atomic E-state index is 13.7. The minimum atomic E-state index is -4.57. The minimum absolute atomic E-state index is 0. The first kappa shape index (κ1) is 18.5. The molecule has 1 aromatic rings. The monoisotopic (exact) mass is 319 g/mol. The molecule has 0 radical (unpaired) electrons. The van der Waals surface area contributed by atoms with Crippen LogP contribution in [0.25, 0.3) is 0 Å². The molecule has 110 valence electrons. The van der Waals surface area contributed by atoms with Crippen molar-refractivity contribution in [2.24, 2.45) is 11.7 Å². The van der Waals surface area contributed by atoms with Gasteiger partial charge in [-0.05, 0) is 18.1 Å². The van der Waals surface area contributed by atoms with Gasteiger partial charge in [0.15, 0.2) is 0 Å². The van der Waals surface area contributed by atoms with Gasteiger partial charge in [-0.1, -0.05) is 31.9 Å². The van der Waals surface area contributed by atoms with Gasteiger partial charge in [-0.2, -0.15) is 13.2 Å². The summed E-state index contributed by atoms with van der Waals surface area (Å²) in [4.78, 5) is 0. The number of rotatable bonds is 3. The van der Waals surface area contributed by atoms with E-state index in [2.05, 4.69) is 0 Å². The molecule has 0 aromatic heterocycles. The summed E-state index contributed by atoms with van der Waals surface area (Å²) in [5.41, 5.74) is 4.59. The summed E-state index contributed by atoms with van der Waals surface area (Å²) < 4.78 is 51.5. The van der Waals surface area contributed by atoms with Gasteiger partial charge in [-0.25, -0.2) is 4.39 Å². The number of alkyl halides is 3. The van der Waals surface area contributed by atoms with Crippen molar-refractivity contribution in [1.82, 2.24) is 0 Å². The van der Waals surface area contributed by atoms with Crippen LogP contribution in [0.4, 0.5) is 17.6 Å². The molecule has 19 heavy (non-hydrogen) atoms. The molecule has 0 bridgehead atoms. The van der Waals surface area contributed by atoms with E-state index < -0.39 is 28.6 Å². The van der Waals surface area contributed by atoms with Gasteiger partial charge in [-0.15, -0.1) is 12.4 Å². The zero-order valence-corrected chi connectivity index (χ0v) is 12.0. The third-order valence-corrected chi connectivity index (χ3v) is 3.27. The highest BCUT2D eigenvalue weighted by Gasteiger charge is 2.33. The topological polar surface area (TPSA) is 26.0 Å². The predicted molar refractivity (Wildman–Crippen MR) is 70.0 cm³/mol. The number of benzene rings is 1. The van der Waals surface area contributed by atoms with Gasteiger partial charge in [0.1, 0.15) is 5.82 Å². The predicted octanol–water partition coefficient (Wildman–Crippen LogP) is 4.97. The van der Waals surface area contributed by atoms with Crippen LogP contribution in [0, 0.1) is 11.7 Å². The Morgan fingerprint density at radius 3 is 2.26 bits per heavy atom. The van der Waals surface area contributed by atoms with Gasteiger partial charge in [0, 0.05) is 11.6 Å². The normalized spacial score (nSPS) is 14.7. The molecule has 7 heteroatoms. The number of halogens is 6. The minimum Gasteiger partial charge on any atom is -0.324 e. The van der Waals surface area contributed by atoms with Gasteiger partial charge in [0.05, 0.1) is 10.6 Å². The van der Waals surface area contributed by atoms with Gasteiger partial charge in [0.2, 0.25) is 0 Å². The van der Waals surface area contributed by atoms with Crippen LogP contribution in [-0.2, 0) is 6.18 Å². The summed E-state index contributed by atoms with van der Waals surface area (Å²) in [6.07, 6.45) is -3.93. The second kappa shape index (κ2) is 6.77. The summed E-state index contributed by atoms with van der Waals surface area (Å²) in [5.74, 6) is -1.02. The smallest absolute Gasteiger partial charge is 0.324 e. The molecule has 1 nitrogen and oxygen atoms in total. The molecule has 1 rings (SSSR count). The molecule has 0 aliphatic rings. The second-order valence-corrected chi connectivity index (χ2v) is 4.68. The Morgan fingerprint density at radius 1 is 1.32 bits per heavy atom. The van der Waals surface area contributed by atoms with Crippen molar-refractivity contribution in [3.8, 4) is 0 Å². The van der Waals surface area contributed by atoms with Gasteiger partial charge >= 0.3 is 6.18 Å². The van der Waals surface area contributed by atoms with Crippen molar-refractivity contribution >= 4 is 24.0 Å². The lowest BCUT2D eigenvalue weighted by Gasteiger charge is -2.21. The Balaban J connectivity index is 0.00000324. The van der Waals surface area contributed by atoms with Gasteiger partial charge < -0.3 is 5.73 Å². The molecule has 0 saturated carbocycles. The van der Waals surface area contributed by atoms with E-state index in [1.54, 1.807) is 6.92 Å². The molecule has 0 heterocycles. The molecular weight excluding hydrogens is 305 g/mol. The molecule has 1 aromatic carbocycles. The van der Waals surface area contributed by atoms with E-state index in [1.807, 2.05) is 6.92 Å². The molecule has 0 saturated heterocycles. The summed E-state index contributed by atoms with van der Waals surface area (Å²) in [7, 11) is 0. The lowest BCUT2D eigenvalue weighted by atomic mass is 9.92. The Hall–Kier alpha value is -0.520. The molecule has 0 aliphatic heterocycles. The third-order valence-electron chi connectivity index (χ3n) is 3.00. The second-order valence-electron chi connectivity index (χ2n) is 4.27. The molecule has 2 atom stereocenters. The van der Waals surface area contributed by atoms with Crippen LogP contribution in [0.2, 0.25) is 5.02 Å². The highest BCUT2D eigenvalue weighted by molar-refractivity contribution is 6.30. The SMILES string of the molecule is CCC(C)[C@H](N)c1cc(C(F)(F)F)cc(Cl)c1F.Cl. The van der Waals surface area contributed by atoms with E-state index in [1.165, 1.54) is 0 Å². The van der Waals surface area contributed by atoms with E-state index in [9.17, 15) is 17.6 Å². The van der Waals surface area contributed by atoms with Gasteiger partial charge in [0.25, 0.3) is 0 Å². The number of nitrogens with two attached hydrogens (primary N) is 1. The summed E-state index contributed by atoms with van der Waals surface area (Å²) in [6, 6.07) is 0.497. The Bertz CT molecular complexity index is 434. The molecule has 1 unspecified atom stereocenters. The highest BCUT2D eigenvalue weighted by Crippen LogP contribution is 2.36. The zero-order valence-electron chi connectivity index (χ0n) is 10.4. The largest absolute Gasteiger partial charge is 0.416 e. The highest BCUT2D eigenvalue weighted by atomic mass is 35.5.